The normalized spacial score (nSPS) is 12.8. The van der Waals surface area contributed by atoms with Gasteiger partial charge in [-0.15, -0.1) is 0 Å². The van der Waals surface area contributed by atoms with Crippen molar-refractivity contribution in [3.63, 3.8) is 0 Å². The van der Waals surface area contributed by atoms with Crippen LogP contribution in [0.4, 0.5) is 0 Å². The third-order valence-electron chi connectivity index (χ3n) is 4.50. The number of hydrogen-bond donors (Lipinski definition) is 2. The van der Waals surface area contributed by atoms with E-state index in [1.54, 1.807) is 13.8 Å². The molecule has 0 saturated heterocycles. The molecule has 0 fully saturated rings. The number of carbonyl (C=O) groups is 4. The van der Waals surface area contributed by atoms with Gasteiger partial charge in [0, 0.05) is 22.8 Å². The Morgan fingerprint density at radius 1 is 0.900 bits per heavy atom. The Morgan fingerprint density at radius 3 is 2.23 bits per heavy atom. The molecule has 3 rings (SSSR count). The van der Waals surface area contributed by atoms with Crippen molar-refractivity contribution in [1.82, 2.24) is 0 Å². The number of rotatable bonds is 5. The number of phenolic OH excluding ortho intramolecular Hbond substituents is 2. The minimum atomic E-state index is -0.918. The number of carbonyl (C=O) groups excluding carboxylic acids is 4. The number of hydrogen-bond acceptors (Lipinski definition) is 8. The number of ether oxygens (including phenoxy) is 2. The Kier molecular flexibility index (Phi) is 5.68. The highest BCUT2D eigenvalue weighted by Gasteiger charge is 2.36. The van der Waals surface area contributed by atoms with Gasteiger partial charge in [0.05, 0.1) is 29.9 Å². The van der Waals surface area contributed by atoms with Gasteiger partial charge in [-0.3, -0.25) is 9.59 Å². The van der Waals surface area contributed by atoms with Crippen molar-refractivity contribution < 1.29 is 38.9 Å². The van der Waals surface area contributed by atoms with Crippen LogP contribution in [0.5, 0.6) is 11.5 Å². The Balaban J connectivity index is 2.21. The lowest BCUT2D eigenvalue weighted by atomic mass is 9.81. The second kappa shape index (κ2) is 8.20. The lowest BCUT2D eigenvalue weighted by Gasteiger charge is -2.21. The average molecular weight is 410 g/mol. The van der Waals surface area contributed by atoms with Crippen LogP contribution in [0, 0.1) is 0 Å². The molecule has 8 nitrogen and oxygen atoms in total. The predicted octanol–water partition coefficient (Wildman–Crippen LogP) is 2.38. The molecule has 0 atom stereocenters. The fourth-order valence-electron chi connectivity index (χ4n) is 3.22. The summed E-state index contributed by atoms with van der Waals surface area (Å²) in [6.45, 7) is 3.21. The highest BCUT2D eigenvalue weighted by atomic mass is 16.5. The predicted molar refractivity (Wildman–Crippen MR) is 104 cm³/mol. The minimum Gasteiger partial charge on any atom is -0.507 e. The van der Waals surface area contributed by atoms with Gasteiger partial charge in [-0.05, 0) is 32.0 Å². The van der Waals surface area contributed by atoms with Crippen LogP contribution < -0.4 is 0 Å². The van der Waals surface area contributed by atoms with Gasteiger partial charge >= 0.3 is 11.9 Å². The Morgan fingerprint density at radius 2 is 1.57 bits per heavy atom. The second-order valence-electron chi connectivity index (χ2n) is 6.27. The first kappa shape index (κ1) is 20.8. The van der Waals surface area contributed by atoms with Gasteiger partial charge in [0.15, 0.2) is 5.78 Å². The van der Waals surface area contributed by atoms with Crippen molar-refractivity contribution in [3.8, 4) is 11.5 Å². The lowest BCUT2D eigenvalue weighted by Crippen LogP contribution is -2.22. The summed E-state index contributed by atoms with van der Waals surface area (Å²) in [6.07, 6.45) is 0.851. The molecule has 0 bridgehead atoms. The van der Waals surface area contributed by atoms with E-state index in [0.717, 1.165) is 6.08 Å². The van der Waals surface area contributed by atoms with Crippen LogP contribution in [-0.2, 0) is 19.1 Å². The van der Waals surface area contributed by atoms with Crippen LogP contribution in [0.15, 0.2) is 36.4 Å². The van der Waals surface area contributed by atoms with Crippen LogP contribution in [0.3, 0.4) is 0 Å². The van der Waals surface area contributed by atoms with E-state index in [1.165, 1.54) is 30.3 Å². The SMILES string of the molecule is CCOC(=O)/C=C(/C(=O)OCC)c1ccc2c(c1O)C(=O)c1c(O)cccc1C2=O. The van der Waals surface area contributed by atoms with E-state index in [1.807, 2.05) is 0 Å². The molecule has 0 aliphatic heterocycles. The summed E-state index contributed by atoms with van der Waals surface area (Å²) in [5.74, 6) is -4.19. The first-order chi connectivity index (χ1) is 14.3. The van der Waals surface area contributed by atoms with E-state index in [-0.39, 0.29) is 46.6 Å². The van der Waals surface area contributed by atoms with E-state index >= 15 is 0 Å². The third kappa shape index (κ3) is 3.43. The average Bonchev–Trinajstić information content (AvgIpc) is 2.70. The number of fused-ring (bicyclic) bond motifs is 2. The van der Waals surface area contributed by atoms with Crippen molar-refractivity contribution in [1.29, 1.82) is 0 Å². The fourth-order valence-corrected chi connectivity index (χ4v) is 3.22. The maximum absolute atomic E-state index is 13.0. The molecule has 2 aromatic carbocycles. The monoisotopic (exact) mass is 410 g/mol. The van der Waals surface area contributed by atoms with E-state index in [2.05, 4.69) is 0 Å². The quantitative estimate of drug-likeness (QED) is 0.485. The molecule has 0 spiro atoms. The number of aromatic hydroxyl groups is 2. The molecule has 30 heavy (non-hydrogen) atoms. The first-order valence-corrected chi connectivity index (χ1v) is 9.15. The van der Waals surface area contributed by atoms with Gasteiger partial charge in [-0.1, -0.05) is 12.1 Å². The van der Waals surface area contributed by atoms with Crippen molar-refractivity contribution in [3.05, 3.63) is 64.2 Å². The van der Waals surface area contributed by atoms with Gasteiger partial charge < -0.3 is 19.7 Å². The summed E-state index contributed by atoms with van der Waals surface area (Å²) >= 11 is 0. The van der Waals surface area contributed by atoms with Crippen LogP contribution in [-0.4, -0.2) is 46.9 Å². The highest BCUT2D eigenvalue weighted by molar-refractivity contribution is 6.31. The number of esters is 2. The molecular weight excluding hydrogens is 392 g/mol. The Labute approximate surface area is 171 Å². The topological polar surface area (TPSA) is 127 Å². The maximum Gasteiger partial charge on any atom is 0.339 e. The van der Waals surface area contributed by atoms with Crippen LogP contribution in [0.2, 0.25) is 0 Å². The molecule has 154 valence electrons. The van der Waals surface area contributed by atoms with Gasteiger partial charge in [0.25, 0.3) is 0 Å². The summed E-state index contributed by atoms with van der Waals surface area (Å²) in [5.41, 5.74) is -1.20. The highest BCUT2D eigenvalue weighted by Crippen LogP contribution is 2.40. The van der Waals surface area contributed by atoms with Crippen molar-refractivity contribution in [2.24, 2.45) is 0 Å². The number of ketones is 2. The molecule has 0 amide bonds. The van der Waals surface area contributed by atoms with E-state index in [9.17, 15) is 29.4 Å². The van der Waals surface area contributed by atoms with Gasteiger partial charge in [-0.25, -0.2) is 9.59 Å². The lowest BCUT2D eigenvalue weighted by molar-refractivity contribution is -0.139. The van der Waals surface area contributed by atoms with E-state index < -0.39 is 35.0 Å². The zero-order valence-corrected chi connectivity index (χ0v) is 16.2. The fraction of sp³-hybridized carbons (Fsp3) is 0.182. The van der Waals surface area contributed by atoms with Crippen LogP contribution in [0.25, 0.3) is 5.57 Å². The summed E-state index contributed by atoms with van der Waals surface area (Å²) in [7, 11) is 0. The van der Waals surface area contributed by atoms with E-state index in [4.69, 9.17) is 9.47 Å². The molecule has 0 heterocycles. The summed E-state index contributed by atoms with van der Waals surface area (Å²) in [4.78, 5) is 50.1. The Hall–Kier alpha value is -3.94. The number of phenols is 2. The van der Waals surface area contributed by atoms with Crippen molar-refractivity contribution >= 4 is 29.1 Å². The molecule has 8 heteroatoms. The van der Waals surface area contributed by atoms with Crippen molar-refractivity contribution in [2.75, 3.05) is 13.2 Å². The minimum absolute atomic E-state index is 0.00334. The molecule has 0 unspecified atom stereocenters. The summed E-state index contributed by atoms with van der Waals surface area (Å²) < 4.78 is 9.76. The molecule has 1 aliphatic rings. The number of benzene rings is 2. The Bertz CT molecular complexity index is 1110. The van der Waals surface area contributed by atoms with Crippen molar-refractivity contribution in [2.45, 2.75) is 13.8 Å². The molecule has 2 aromatic rings. The zero-order valence-electron chi connectivity index (χ0n) is 16.2. The third-order valence-corrected chi connectivity index (χ3v) is 4.50. The summed E-state index contributed by atoms with van der Waals surface area (Å²) in [6, 6.07) is 6.60. The molecule has 0 aromatic heterocycles. The van der Waals surface area contributed by atoms with Crippen LogP contribution in [0.1, 0.15) is 51.3 Å². The molecule has 2 N–H and O–H groups in total. The molecular formula is C22H18O8. The van der Waals surface area contributed by atoms with Gasteiger partial charge in [-0.2, -0.15) is 0 Å². The molecule has 0 radical (unpaired) electrons. The smallest absolute Gasteiger partial charge is 0.339 e. The maximum atomic E-state index is 13.0. The molecule has 0 saturated carbocycles. The standard InChI is InChI=1S/C22H18O8/c1-3-29-16(24)10-14(22(28)30-4-2)11-8-9-13-18(20(11)26)21(27)17-12(19(13)25)6-5-7-15(17)23/h5-10,23,26H,3-4H2,1-2H3/b14-10+. The summed E-state index contributed by atoms with van der Waals surface area (Å²) in [5, 5.41) is 20.9. The first-order valence-electron chi connectivity index (χ1n) is 9.15. The molecule has 1 aliphatic carbocycles. The van der Waals surface area contributed by atoms with Crippen LogP contribution >= 0.6 is 0 Å². The van der Waals surface area contributed by atoms with Gasteiger partial charge in [0.1, 0.15) is 11.5 Å². The second-order valence-corrected chi connectivity index (χ2v) is 6.27. The zero-order chi connectivity index (χ0) is 22.0. The van der Waals surface area contributed by atoms with Gasteiger partial charge in [0.2, 0.25) is 5.78 Å². The largest absolute Gasteiger partial charge is 0.507 e. The van der Waals surface area contributed by atoms with E-state index in [0.29, 0.717) is 0 Å².